The molecule has 0 heterocycles. The summed E-state index contributed by atoms with van der Waals surface area (Å²) in [6.07, 6.45) is 4.91. The van der Waals surface area contributed by atoms with E-state index in [0.29, 0.717) is 23.3 Å². The van der Waals surface area contributed by atoms with Crippen LogP contribution >= 0.6 is 0 Å². The van der Waals surface area contributed by atoms with Gasteiger partial charge >= 0.3 is 21.7 Å². The first-order chi connectivity index (χ1) is 11.9. The normalized spacial score (nSPS) is 17.3. The maximum atomic E-state index is 10.5. The summed E-state index contributed by atoms with van der Waals surface area (Å²) in [6, 6.07) is 0.404. The number of carbonyl (C=O) groups is 2. The van der Waals surface area contributed by atoms with E-state index in [1.165, 1.54) is 12.8 Å². The SMILES string of the molecule is CC(C)C1(C(C)C)CCCC(NC=O)C1.CC(C)[O-].CC(C)[O-].[NH-]C=O.[Ti+3]. The van der Waals surface area contributed by atoms with Crippen LogP contribution in [0.2, 0.25) is 0 Å². The zero-order valence-corrected chi connectivity index (χ0v) is 20.1. The summed E-state index contributed by atoms with van der Waals surface area (Å²) in [4.78, 5) is 19.0. The summed E-state index contributed by atoms with van der Waals surface area (Å²) in [5, 5.41) is 22.0. The van der Waals surface area contributed by atoms with Gasteiger partial charge in [0, 0.05) is 12.5 Å². The number of carbonyl (C=O) groups excluding carboxylic acids is 2. The first-order valence-corrected chi connectivity index (χ1v) is 9.53. The van der Waals surface area contributed by atoms with Gasteiger partial charge in [0.15, 0.2) is 0 Å². The van der Waals surface area contributed by atoms with Crippen molar-refractivity contribution >= 4 is 12.8 Å². The van der Waals surface area contributed by atoms with E-state index >= 15 is 0 Å². The van der Waals surface area contributed by atoms with Crippen LogP contribution in [-0.4, -0.2) is 31.1 Å². The van der Waals surface area contributed by atoms with Gasteiger partial charge in [0.1, 0.15) is 0 Å². The number of rotatable bonds is 4. The van der Waals surface area contributed by atoms with Gasteiger partial charge in [-0.1, -0.05) is 61.8 Å². The number of amides is 2. The molecule has 27 heavy (non-hydrogen) atoms. The molecular formula is C20H41N2O4Ti. The molecule has 1 saturated carbocycles. The Morgan fingerprint density at radius 1 is 0.963 bits per heavy atom. The summed E-state index contributed by atoms with van der Waals surface area (Å²) >= 11 is 0. The average molecular weight is 421 g/mol. The van der Waals surface area contributed by atoms with Gasteiger partial charge in [0.2, 0.25) is 6.41 Å². The zero-order valence-electron chi connectivity index (χ0n) is 18.5. The quantitative estimate of drug-likeness (QED) is 0.555. The van der Waals surface area contributed by atoms with E-state index in [1.54, 1.807) is 27.7 Å². The van der Waals surface area contributed by atoms with Crippen molar-refractivity contribution in [1.29, 1.82) is 0 Å². The standard InChI is InChI=1S/C13H25NO.2C3H7O.CH3NO.Ti/c1-10(2)13(11(3)4)7-5-6-12(8-13)14-9-15;2*1-3(2)4;2-1-3;/h9-12H,5-8H2,1-4H3,(H,14,15);2*3H,1-2H3;1H,(H2,2,3);/q;2*-1;;+3/p-1. The van der Waals surface area contributed by atoms with Gasteiger partial charge in [0.05, 0.1) is 0 Å². The summed E-state index contributed by atoms with van der Waals surface area (Å²) in [7, 11) is 0. The van der Waals surface area contributed by atoms with Crippen molar-refractivity contribution in [2.75, 3.05) is 0 Å². The van der Waals surface area contributed by atoms with E-state index < -0.39 is 12.2 Å². The first-order valence-electron chi connectivity index (χ1n) is 9.53. The molecule has 1 fully saturated rings. The van der Waals surface area contributed by atoms with Crippen molar-refractivity contribution in [1.82, 2.24) is 5.32 Å². The Morgan fingerprint density at radius 3 is 1.56 bits per heavy atom. The molecule has 0 bridgehead atoms. The molecule has 1 rings (SSSR count). The zero-order chi connectivity index (χ0) is 21.3. The smallest absolute Gasteiger partial charge is 0.852 e. The van der Waals surface area contributed by atoms with E-state index in [9.17, 15) is 15.0 Å². The van der Waals surface area contributed by atoms with Crippen LogP contribution < -0.4 is 15.5 Å². The van der Waals surface area contributed by atoms with Crippen LogP contribution in [0.4, 0.5) is 0 Å². The summed E-state index contributed by atoms with van der Waals surface area (Å²) < 4.78 is 0. The van der Waals surface area contributed by atoms with E-state index in [2.05, 4.69) is 33.0 Å². The molecule has 1 atom stereocenters. The average Bonchev–Trinajstić information content (AvgIpc) is 2.47. The predicted octanol–water partition coefficient (Wildman–Crippen LogP) is 2.68. The third-order valence-electron chi connectivity index (χ3n) is 4.42. The molecule has 1 aliphatic rings. The van der Waals surface area contributed by atoms with Crippen LogP contribution in [0.1, 0.15) is 81.1 Å². The van der Waals surface area contributed by atoms with Crippen molar-refractivity contribution < 1.29 is 41.5 Å². The van der Waals surface area contributed by atoms with Gasteiger partial charge in [-0.3, -0.25) is 4.79 Å². The van der Waals surface area contributed by atoms with E-state index in [-0.39, 0.29) is 28.1 Å². The maximum Gasteiger partial charge on any atom is 3.00 e. The van der Waals surface area contributed by atoms with Gasteiger partial charge in [-0.15, -0.1) is 12.2 Å². The molecule has 0 aromatic carbocycles. The molecule has 7 heteroatoms. The maximum absolute atomic E-state index is 10.5. The third kappa shape index (κ3) is 20.1. The Bertz CT molecular complexity index is 318. The van der Waals surface area contributed by atoms with Crippen molar-refractivity contribution in [2.24, 2.45) is 17.3 Å². The molecule has 2 amide bonds. The molecule has 159 valence electrons. The summed E-state index contributed by atoms with van der Waals surface area (Å²) in [5.41, 5.74) is 5.96. The fourth-order valence-electron chi connectivity index (χ4n) is 3.29. The number of hydrogen-bond donors (Lipinski definition) is 1. The van der Waals surface area contributed by atoms with Crippen molar-refractivity contribution in [2.45, 2.75) is 99.3 Å². The molecule has 1 unspecified atom stereocenters. The first kappa shape index (κ1) is 34.1. The molecule has 0 saturated heterocycles. The minimum Gasteiger partial charge on any atom is -0.852 e. The second kappa shape index (κ2) is 20.3. The molecule has 0 spiro atoms. The Morgan fingerprint density at radius 2 is 1.30 bits per heavy atom. The second-order valence-electron chi connectivity index (χ2n) is 7.84. The van der Waals surface area contributed by atoms with E-state index in [1.807, 2.05) is 0 Å². The largest absolute Gasteiger partial charge is 3.00 e. The summed E-state index contributed by atoms with van der Waals surface area (Å²) in [5.74, 6) is 1.41. The van der Waals surface area contributed by atoms with E-state index in [0.717, 1.165) is 19.3 Å². The Balaban J connectivity index is -0.000000183. The topological polar surface area (TPSA) is 116 Å². The second-order valence-corrected chi connectivity index (χ2v) is 7.84. The van der Waals surface area contributed by atoms with Gasteiger partial charge < -0.3 is 26.1 Å². The predicted molar refractivity (Wildman–Crippen MR) is 104 cm³/mol. The Hall–Kier alpha value is -0.426. The molecule has 0 aliphatic heterocycles. The molecule has 6 nitrogen and oxygen atoms in total. The minimum absolute atomic E-state index is 0. The van der Waals surface area contributed by atoms with Gasteiger partial charge in [-0.2, -0.15) is 0 Å². The molecule has 2 N–H and O–H groups in total. The van der Waals surface area contributed by atoms with E-state index in [4.69, 9.17) is 10.5 Å². The number of nitrogens with one attached hydrogen (secondary N) is 2. The third-order valence-corrected chi connectivity index (χ3v) is 4.42. The molecular weight excluding hydrogens is 380 g/mol. The molecule has 1 radical (unpaired) electrons. The Kier molecular flexibility index (Phi) is 25.7. The van der Waals surface area contributed by atoms with Crippen molar-refractivity contribution in [3.63, 3.8) is 0 Å². The van der Waals surface area contributed by atoms with Crippen LogP contribution in [0.5, 0.6) is 0 Å². The van der Waals surface area contributed by atoms with Crippen LogP contribution in [0.15, 0.2) is 0 Å². The van der Waals surface area contributed by atoms with Gasteiger partial charge in [-0.05, 0) is 36.5 Å². The summed E-state index contributed by atoms with van der Waals surface area (Å²) in [6.45, 7) is 15.7. The molecule has 1 aliphatic carbocycles. The van der Waals surface area contributed by atoms with Gasteiger partial charge in [0.25, 0.3) is 0 Å². The van der Waals surface area contributed by atoms with Gasteiger partial charge in [-0.25, -0.2) is 0 Å². The minimum atomic E-state index is -0.417. The number of hydrogen-bond acceptors (Lipinski definition) is 4. The fraction of sp³-hybridized carbons (Fsp3) is 0.900. The van der Waals surface area contributed by atoms with Crippen LogP contribution in [-0.2, 0) is 31.3 Å². The fourth-order valence-corrected chi connectivity index (χ4v) is 3.29. The Labute approximate surface area is 181 Å². The molecule has 0 aromatic rings. The van der Waals surface area contributed by atoms with Crippen LogP contribution in [0, 0.1) is 17.3 Å². The monoisotopic (exact) mass is 421 g/mol. The van der Waals surface area contributed by atoms with Crippen molar-refractivity contribution in [3.8, 4) is 0 Å². The van der Waals surface area contributed by atoms with Crippen molar-refractivity contribution in [3.05, 3.63) is 5.73 Å². The van der Waals surface area contributed by atoms with Crippen LogP contribution in [0.25, 0.3) is 5.73 Å². The van der Waals surface area contributed by atoms with Crippen LogP contribution in [0.3, 0.4) is 0 Å². The molecule has 0 aromatic heterocycles.